The molecule has 0 atom stereocenters. The average molecular weight is 501 g/mol. The van der Waals surface area contributed by atoms with Gasteiger partial charge in [-0.1, -0.05) is 36.0 Å². The van der Waals surface area contributed by atoms with Crippen LogP contribution in [0.5, 0.6) is 0 Å². The summed E-state index contributed by atoms with van der Waals surface area (Å²) in [6.07, 6.45) is -3.78. The van der Waals surface area contributed by atoms with Crippen LogP contribution in [0, 0.1) is 0 Å². The van der Waals surface area contributed by atoms with Crippen LogP contribution in [0.1, 0.15) is 38.3 Å². The summed E-state index contributed by atoms with van der Waals surface area (Å²) in [4.78, 5) is 29.3. The first-order chi connectivity index (χ1) is 16.8. The van der Waals surface area contributed by atoms with E-state index in [2.05, 4.69) is 5.32 Å². The van der Waals surface area contributed by atoms with Crippen LogP contribution in [0.2, 0.25) is 0 Å². The molecule has 0 saturated heterocycles. The Labute approximate surface area is 205 Å². The number of nitrogens with one attached hydrogen (secondary N) is 1. The van der Waals surface area contributed by atoms with Gasteiger partial charge in [-0.25, -0.2) is 0 Å². The quantitative estimate of drug-likeness (QED) is 0.418. The second kappa shape index (κ2) is 10.5. The number of ether oxygens (including phenoxy) is 1. The molecule has 4 rings (SSSR count). The molecule has 1 heterocycles. The number of nitrogens with zero attached hydrogens (tertiary/aromatic N) is 1. The molecule has 1 aliphatic heterocycles. The predicted molar refractivity (Wildman–Crippen MR) is 128 cm³/mol. The second-order valence-electron chi connectivity index (χ2n) is 7.97. The van der Waals surface area contributed by atoms with E-state index in [1.54, 1.807) is 37.4 Å². The van der Waals surface area contributed by atoms with Gasteiger partial charge < -0.3 is 15.0 Å². The van der Waals surface area contributed by atoms with Gasteiger partial charge in [0.15, 0.2) is 0 Å². The van der Waals surface area contributed by atoms with E-state index >= 15 is 0 Å². The lowest BCUT2D eigenvalue weighted by atomic mass is 10.1. The molecule has 0 saturated carbocycles. The zero-order valence-corrected chi connectivity index (χ0v) is 19.7. The van der Waals surface area contributed by atoms with Crippen LogP contribution in [0.3, 0.4) is 0 Å². The monoisotopic (exact) mass is 500 g/mol. The number of carbonyl (C=O) groups excluding carboxylic acids is 2. The van der Waals surface area contributed by atoms with Crippen molar-refractivity contribution in [3.8, 4) is 0 Å². The minimum absolute atomic E-state index is 0.0533. The summed E-state index contributed by atoms with van der Waals surface area (Å²) in [5, 5.41) is 2.83. The van der Waals surface area contributed by atoms with Crippen molar-refractivity contribution in [3.63, 3.8) is 0 Å². The van der Waals surface area contributed by atoms with Crippen molar-refractivity contribution >= 4 is 29.3 Å². The first-order valence-corrected chi connectivity index (χ1v) is 11.8. The topological polar surface area (TPSA) is 58.6 Å². The third-order valence-corrected chi connectivity index (χ3v) is 6.67. The van der Waals surface area contributed by atoms with E-state index in [4.69, 9.17) is 4.74 Å². The molecule has 0 radical (unpaired) electrons. The van der Waals surface area contributed by atoms with Crippen LogP contribution >= 0.6 is 11.8 Å². The number of hydrogen-bond donors (Lipinski definition) is 1. The number of carbonyl (C=O) groups is 2. The average Bonchev–Trinajstić information content (AvgIpc) is 2.96. The summed E-state index contributed by atoms with van der Waals surface area (Å²) in [5.41, 5.74) is 1.19. The van der Waals surface area contributed by atoms with E-state index in [1.165, 1.54) is 28.8 Å². The fourth-order valence-electron chi connectivity index (χ4n) is 3.72. The van der Waals surface area contributed by atoms with E-state index in [0.29, 0.717) is 42.0 Å². The number of rotatable bonds is 7. The van der Waals surface area contributed by atoms with Crippen LogP contribution in [0.4, 0.5) is 18.9 Å². The van der Waals surface area contributed by atoms with Gasteiger partial charge >= 0.3 is 6.18 Å². The SMILES string of the molecule is COCCCNC(=O)c1ccc2c(c1)N(Cc1ccc(C(F)(F)F)cc1)C(=O)c1ccccc1S2. The second-order valence-corrected chi connectivity index (χ2v) is 9.05. The van der Waals surface area contributed by atoms with Crippen LogP contribution in [-0.4, -0.2) is 32.1 Å². The molecule has 3 aromatic carbocycles. The van der Waals surface area contributed by atoms with E-state index < -0.39 is 11.7 Å². The lowest BCUT2D eigenvalue weighted by Crippen LogP contribution is -2.31. The van der Waals surface area contributed by atoms with Gasteiger partial charge in [-0.15, -0.1) is 0 Å². The highest BCUT2D eigenvalue weighted by atomic mass is 32.2. The Morgan fingerprint density at radius 2 is 1.77 bits per heavy atom. The number of alkyl halides is 3. The van der Waals surface area contributed by atoms with Crippen molar-refractivity contribution in [2.75, 3.05) is 25.2 Å². The zero-order valence-electron chi connectivity index (χ0n) is 18.9. The van der Waals surface area contributed by atoms with Gasteiger partial charge in [0.2, 0.25) is 0 Å². The Hall–Kier alpha value is -3.30. The molecular weight excluding hydrogens is 477 g/mol. The maximum absolute atomic E-state index is 13.6. The van der Waals surface area contributed by atoms with Gasteiger partial charge in [-0.2, -0.15) is 13.2 Å². The molecule has 3 aromatic rings. The standard InChI is InChI=1S/C26H23F3N2O3S/c1-34-14-4-13-30-24(32)18-9-12-23-21(15-18)31(25(33)20-5-2-3-6-22(20)35-23)16-17-7-10-19(11-8-17)26(27,28)29/h2-3,5-12,15H,4,13-14,16H2,1H3,(H,30,32). The predicted octanol–water partition coefficient (Wildman–Crippen LogP) is 5.78. The van der Waals surface area contributed by atoms with Crippen molar-refractivity contribution in [2.24, 2.45) is 0 Å². The van der Waals surface area contributed by atoms with Gasteiger partial charge in [0.05, 0.1) is 23.4 Å². The van der Waals surface area contributed by atoms with E-state index in [1.807, 2.05) is 12.1 Å². The molecule has 0 bridgehead atoms. The van der Waals surface area contributed by atoms with Gasteiger partial charge in [0.1, 0.15) is 0 Å². The summed E-state index contributed by atoms with van der Waals surface area (Å²) < 4.78 is 44.0. The van der Waals surface area contributed by atoms with Crippen molar-refractivity contribution < 1.29 is 27.5 Å². The van der Waals surface area contributed by atoms with Gasteiger partial charge in [0.25, 0.3) is 11.8 Å². The number of hydrogen-bond acceptors (Lipinski definition) is 4. The molecule has 35 heavy (non-hydrogen) atoms. The normalized spacial score (nSPS) is 13.1. The van der Waals surface area contributed by atoms with Crippen molar-refractivity contribution in [3.05, 3.63) is 89.0 Å². The molecule has 2 amide bonds. The smallest absolute Gasteiger partial charge is 0.385 e. The molecule has 0 aliphatic carbocycles. The number of methoxy groups -OCH3 is 1. The number of benzene rings is 3. The third kappa shape index (κ3) is 5.68. The highest BCUT2D eigenvalue weighted by molar-refractivity contribution is 7.99. The fourth-order valence-corrected chi connectivity index (χ4v) is 4.78. The molecule has 0 aromatic heterocycles. The Balaban J connectivity index is 1.69. The van der Waals surface area contributed by atoms with Crippen LogP contribution in [-0.2, 0) is 17.5 Å². The van der Waals surface area contributed by atoms with Gasteiger partial charge in [-0.05, 0) is 54.4 Å². The van der Waals surface area contributed by atoms with Crippen LogP contribution in [0.15, 0.2) is 76.5 Å². The minimum atomic E-state index is -4.44. The summed E-state index contributed by atoms with van der Waals surface area (Å²) in [5.74, 6) is -0.568. The summed E-state index contributed by atoms with van der Waals surface area (Å²) in [6.45, 7) is 1.02. The molecule has 1 N–H and O–H groups in total. The fraction of sp³-hybridized carbons (Fsp3) is 0.231. The molecule has 0 fully saturated rings. The Kier molecular flexibility index (Phi) is 7.47. The number of anilines is 1. The molecule has 0 spiro atoms. The minimum Gasteiger partial charge on any atom is -0.385 e. The van der Waals surface area contributed by atoms with Crippen molar-refractivity contribution in [1.82, 2.24) is 5.32 Å². The first-order valence-electron chi connectivity index (χ1n) is 10.9. The Morgan fingerprint density at radius 1 is 1.03 bits per heavy atom. The van der Waals surface area contributed by atoms with Crippen LogP contribution < -0.4 is 10.2 Å². The Morgan fingerprint density at radius 3 is 2.49 bits per heavy atom. The van der Waals surface area contributed by atoms with E-state index in [-0.39, 0.29) is 18.4 Å². The number of amides is 2. The Bertz CT molecular complexity index is 1230. The highest BCUT2D eigenvalue weighted by Gasteiger charge is 2.31. The third-order valence-electron chi connectivity index (χ3n) is 5.53. The lowest BCUT2D eigenvalue weighted by molar-refractivity contribution is -0.137. The van der Waals surface area contributed by atoms with E-state index in [0.717, 1.165) is 21.9 Å². The molecular formula is C26H23F3N2O3S. The molecule has 0 unspecified atom stereocenters. The number of fused-ring (bicyclic) bond motifs is 2. The molecule has 182 valence electrons. The maximum atomic E-state index is 13.6. The largest absolute Gasteiger partial charge is 0.416 e. The molecule has 1 aliphatic rings. The summed E-state index contributed by atoms with van der Waals surface area (Å²) in [6, 6.07) is 17.1. The van der Waals surface area contributed by atoms with Crippen molar-refractivity contribution in [1.29, 1.82) is 0 Å². The summed E-state index contributed by atoms with van der Waals surface area (Å²) >= 11 is 1.41. The zero-order chi connectivity index (χ0) is 25.0. The molecule has 9 heteroatoms. The van der Waals surface area contributed by atoms with E-state index in [9.17, 15) is 22.8 Å². The summed E-state index contributed by atoms with van der Waals surface area (Å²) in [7, 11) is 1.59. The number of halogens is 3. The molecule has 5 nitrogen and oxygen atoms in total. The van der Waals surface area contributed by atoms with Gasteiger partial charge in [-0.3, -0.25) is 9.59 Å². The maximum Gasteiger partial charge on any atom is 0.416 e. The van der Waals surface area contributed by atoms with Gasteiger partial charge in [0, 0.05) is 35.6 Å². The first kappa shape index (κ1) is 24.8. The van der Waals surface area contributed by atoms with Crippen molar-refractivity contribution in [2.45, 2.75) is 28.9 Å². The highest BCUT2D eigenvalue weighted by Crippen LogP contribution is 2.42. The van der Waals surface area contributed by atoms with Crippen LogP contribution in [0.25, 0.3) is 0 Å². The lowest BCUT2D eigenvalue weighted by Gasteiger charge is -2.24.